The molecule has 0 aliphatic carbocycles. The number of halogens is 1. The molecule has 0 radical (unpaired) electrons. The van der Waals surface area contributed by atoms with Crippen molar-refractivity contribution in [2.75, 3.05) is 0 Å². The molecule has 0 spiro atoms. The monoisotopic (exact) mass is 317 g/mol. The standard InChI is InChI=1S/C16H12ClNO4/c1-11(10-12-2-6-14(7-3-12)18(20)21)16(19)22-15-8-4-13(17)5-9-15/h2-10H,1H3. The average molecular weight is 318 g/mol. The lowest BCUT2D eigenvalue weighted by atomic mass is 10.1. The van der Waals surface area contributed by atoms with Crippen molar-refractivity contribution in [1.82, 2.24) is 0 Å². The van der Waals surface area contributed by atoms with Gasteiger partial charge in [0, 0.05) is 22.7 Å². The molecule has 0 saturated heterocycles. The molecule has 0 saturated carbocycles. The molecule has 0 fully saturated rings. The van der Waals surface area contributed by atoms with Gasteiger partial charge >= 0.3 is 5.97 Å². The number of esters is 1. The molecule has 0 aliphatic rings. The minimum atomic E-state index is -0.499. The highest BCUT2D eigenvalue weighted by Crippen LogP contribution is 2.18. The summed E-state index contributed by atoms with van der Waals surface area (Å²) >= 11 is 5.75. The maximum absolute atomic E-state index is 11.9. The van der Waals surface area contributed by atoms with Crippen LogP contribution in [0.2, 0.25) is 5.02 Å². The minimum Gasteiger partial charge on any atom is -0.423 e. The molecule has 112 valence electrons. The highest BCUT2D eigenvalue weighted by atomic mass is 35.5. The Balaban J connectivity index is 2.08. The van der Waals surface area contributed by atoms with Crippen LogP contribution in [0.25, 0.3) is 6.08 Å². The lowest BCUT2D eigenvalue weighted by Crippen LogP contribution is -2.08. The lowest BCUT2D eigenvalue weighted by molar-refractivity contribution is -0.384. The number of carbonyl (C=O) groups excluding carboxylic acids is 1. The lowest BCUT2D eigenvalue weighted by Gasteiger charge is -2.04. The van der Waals surface area contributed by atoms with Crippen LogP contribution in [0.4, 0.5) is 5.69 Å². The Bertz CT molecular complexity index is 721. The molecule has 2 aromatic carbocycles. The molecule has 0 aromatic heterocycles. The maximum atomic E-state index is 11.9. The van der Waals surface area contributed by atoms with Gasteiger partial charge in [0.1, 0.15) is 5.75 Å². The minimum absolute atomic E-state index is 0.00135. The second kappa shape index (κ2) is 6.87. The number of nitrogens with zero attached hydrogens (tertiary/aromatic N) is 1. The largest absolute Gasteiger partial charge is 0.423 e. The van der Waals surface area contributed by atoms with Crippen molar-refractivity contribution < 1.29 is 14.5 Å². The highest BCUT2D eigenvalue weighted by molar-refractivity contribution is 6.30. The maximum Gasteiger partial charge on any atom is 0.339 e. The highest BCUT2D eigenvalue weighted by Gasteiger charge is 2.08. The van der Waals surface area contributed by atoms with Crippen molar-refractivity contribution in [3.05, 3.63) is 74.8 Å². The zero-order valence-corrected chi connectivity index (χ0v) is 12.4. The zero-order valence-electron chi connectivity index (χ0n) is 11.7. The van der Waals surface area contributed by atoms with Gasteiger partial charge in [-0.25, -0.2) is 4.79 Å². The zero-order chi connectivity index (χ0) is 16.1. The summed E-state index contributed by atoms with van der Waals surface area (Å²) in [6.07, 6.45) is 1.60. The molecule has 0 heterocycles. The molecule has 0 amide bonds. The number of nitro benzene ring substituents is 1. The first kappa shape index (κ1) is 15.7. The fourth-order valence-electron chi connectivity index (χ4n) is 1.69. The van der Waals surface area contributed by atoms with Crippen molar-refractivity contribution in [3.63, 3.8) is 0 Å². The van der Waals surface area contributed by atoms with Gasteiger partial charge in [0.2, 0.25) is 0 Å². The third-order valence-electron chi connectivity index (χ3n) is 2.83. The van der Waals surface area contributed by atoms with E-state index in [2.05, 4.69) is 0 Å². The summed E-state index contributed by atoms with van der Waals surface area (Å²) in [5, 5.41) is 11.1. The van der Waals surface area contributed by atoms with Gasteiger partial charge in [0.05, 0.1) is 4.92 Å². The molecule has 0 aliphatic heterocycles. The van der Waals surface area contributed by atoms with Gasteiger partial charge in [0.25, 0.3) is 5.69 Å². The van der Waals surface area contributed by atoms with E-state index in [4.69, 9.17) is 16.3 Å². The molecular weight excluding hydrogens is 306 g/mol. The van der Waals surface area contributed by atoms with Gasteiger partial charge in [0.15, 0.2) is 0 Å². The number of benzene rings is 2. The summed E-state index contributed by atoms with van der Waals surface area (Å²) in [4.78, 5) is 22.0. The van der Waals surface area contributed by atoms with Crippen LogP contribution in [0.15, 0.2) is 54.1 Å². The number of nitro groups is 1. The molecule has 2 rings (SSSR count). The first-order valence-corrected chi connectivity index (χ1v) is 6.74. The summed E-state index contributed by atoms with van der Waals surface area (Å²) in [7, 11) is 0. The van der Waals surface area contributed by atoms with Gasteiger partial charge in [-0.2, -0.15) is 0 Å². The van der Waals surface area contributed by atoms with Crippen molar-refractivity contribution in [2.45, 2.75) is 6.92 Å². The number of hydrogen-bond acceptors (Lipinski definition) is 4. The van der Waals surface area contributed by atoms with E-state index in [1.54, 1.807) is 49.4 Å². The fraction of sp³-hybridized carbons (Fsp3) is 0.0625. The van der Waals surface area contributed by atoms with Gasteiger partial charge in [-0.1, -0.05) is 11.6 Å². The van der Waals surface area contributed by atoms with Crippen LogP contribution in [-0.4, -0.2) is 10.9 Å². The van der Waals surface area contributed by atoms with Crippen LogP contribution in [0.5, 0.6) is 5.75 Å². The van der Waals surface area contributed by atoms with Crippen molar-refractivity contribution in [1.29, 1.82) is 0 Å². The molecule has 0 unspecified atom stereocenters. The van der Waals surface area contributed by atoms with Crippen LogP contribution < -0.4 is 4.74 Å². The van der Waals surface area contributed by atoms with Crippen LogP contribution in [-0.2, 0) is 4.79 Å². The second-order valence-corrected chi connectivity index (χ2v) is 4.96. The predicted molar refractivity (Wildman–Crippen MR) is 83.8 cm³/mol. The topological polar surface area (TPSA) is 69.4 Å². The number of ether oxygens (including phenoxy) is 1. The van der Waals surface area contributed by atoms with E-state index in [0.29, 0.717) is 21.9 Å². The van der Waals surface area contributed by atoms with E-state index < -0.39 is 10.9 Å². The summed E-state index contributed by atoms with van der Waals surface area (Å²) in [6, 6.07) is 12.3. The van der Waals surface area contributed by atoms with E-state index in [9.17, 15) is 14.9 Å². The van der Waals surface area contributed by atoms with E-state index in [-0.39, 0.29) is 5.69 Å². The van der Waals surface area contributed by atoms with Gasteiger partial charge < -0.3 is 4.74 Å². The average Bonchev–Trinajstić information content (AvgIpc) is 2.50. The number of rotatable bonds is 4. The summed E-state index contributed by atoms with van der Waals surface area (Å²) in [5.74, 6) is -0.105. The normalized spacial score (nSPS) is 11.1. The van der Waals surface area contributed by atoms with Crippen LogP contribution in [0.1, 0.15) is 12.5 Å². The Kier molecular flexibility index (Phi) is 4.91. The Hall–Kier alpha value is -2.66. The van der Waals surface area contributed by atoms with E-state index in [1.165, 1.54) is 12.1 Å². The van der Waals surface area contributed by atoms with Crippen LogP contribution >= 0.6 is 11.6 Å². The molecule has 5 nitrogen and oxygen atoms in total. The first-order chi connectivity index (χ1) is 10.5. The second-order valence-electron chi connectivity index (χ2n) is 4.52. The van der Waals surface area contributed by atoms with E-state index in [1.807, 2.05) is 0 Å². The third-order valence-corrected chi connectivity index (χ3v) is 3.09. The Morgan fingerprint density at radius 3 is 2.27 bits per heavy atom. The molecule has 0 bridgehead atoms. The number of non-ortho nitro benzene ring substituents is 1. The summed E-state index contributed by atoms with van der Waals surface area (Å²) < 4.78 is 5.19. The molecule has 0 atom stereocenters. The molecule has 2 aromatic rings. The van der Waals surface area contributed by atoms with Gasteiger partial charge in [-0.3, -0.25) is 10.1 Å². The SMILES string of the molecule is CC(=Cc1ccc([N+](=O)[O-])cc1)C(=O)Oc1ccc(Cl)cc1. The number of carbonyl (C=O) groups is 1. The fourth-order valence-corrected chi connectivity index (χ4v) is 1.82. The third kappa shape index (κ3) is 4.17. The molecular formula is C16H12ClNO4. The summed E-state index contributed by atoms with van der Waals surface area (Å²) in [6.45, 7) is 1.61. The Morgan fingerprint density at radius 2 is 1.73 bits per heavy atom. The molecule has 6 heteroatoms. The Morgan fingerprint density at radius 1 is 1.14 bits per heavy atom. The first-order valence-electron chi connectivity index (χ1n) is 6.36. The predicted octanol–water partition coefficient (Wildman–Crippen LogP) is 4.26. The Labute approximate surface area is 131 Å². The van der Waals surface area contributed by atoms with E-state index in [0.717, 1.165) is 0 Å². The smallest absolute Gasteiger partial charge is 0.339 e. The van der Waals surface area contributed by atoms with Gasteiger partial charge in [-0.15, -0.1) is 0 Å². The van der Waals surface area contributed by atoms with Crippen molar-refractivity contribution in [2.24, 2.45) is 0 Å². The van der Waals surface area contributed by atoms with Gasteiger partial charge in [-0.05, 0) is 55.0 Å². The van der Waals surface area contributed by atoms with E-state index >= 15 is 0 Å². The van der Waals surface area contributed by atoms with Crippen LogP contribution in [0, 0.1) is 10.1 Å². The summed E-state index contributed by atoms with van der Waals surface area (Å²) in [5.41, 5.74) is 1.05. The molecule has 0 N–H and O–H groups in total. The van der Waals surface area contributed by atoms with Crippen LogP contribution in [0.3, 0.4) is 0 Å². The van der Waals surface area contributed by atoms with Crippen molar-refractivity contribution >= 4 is 29.3 Å². The molecule has 22 heavy (non-hydrogen) atoms. The van der Waals surface area contributed by atoms with Crippen molar-refractivity contribution in [3.8, 4) is 5.75 Å². The number of hydrogen-bond donors (Lipinski definition) is 0. The quantitative estimate of drug-likeness (QED) is 0.278.